The normalized spacial score (nSPS) is 12.6. The molecule has 0 unspecified atom stereocenters. The highest BCUT2D eigenvalue weighted by Crippen LogP contribution is 2.39. The number of nitrogens with one attached hydrogen (secondary N) is 1. The maximum Gasteiger partial charge on any atom is 0.416 e. The third kappa shape index (κ3) is 4.95. The highest BCUT2D eigenvalue weighted by atomic mass is 32.2. The van der Waals surface area contributed by atoms with E-state index < -0.39 is 54.9 Å². The van der Waals surface area contributed by atoms with Crippen molar-refractivity contribution in [1.29, 1.82) is 0 Å². The molecule has 4 aromatic rings. The van der Waals surface area contributed by atoms with Crippen molar-refractivity contribution in [1.82, 2.24) is 9.97 Å². The highest BCUT2D eigenvalue weighted by molar-refractivity contribution is 7.87. The fourth-order valence-corrected chi connectivity index (χ4v) is 4.23. The van der Waals surface area contributed by atoms with E-state index in [1.165, 1.54) is 0 Å². The van der Waals surface area contributed by atoms with E-state index in [2.05, 4.69) is 9.97 Å². The lowest BCUT2D eigenvalue weighted by atomic mass is 10.1. The van der Waals surface area contributed by atoms with Crippen molar-refractivity contribution < 1.29 is 43.9 Å². The van der Waals surface area contributed by atoms with E-state index >= 15 is 0 Å². The van der Waals surface area contributed by atoms with Gasteiger partial charge < -0.3 is 9.17 Å². The van der Waals surface area contributed by atoms with Crippen LogP contribution in [0.5, 0.6) is 5.75 Å². The first-order chi connectivity index (χ1) is 16.6. The quantitative estimate of drug-likeness (QED) is 0.147. The van der Waals surface area contributed by atoms with Crippen LogP contribution in [0, 0.1) is 10.1 Å². The molecule has 4 rings (SSSR count). The van der Waals surface area contributed by atoms with Crippen LogP contribution in [0.1, 0.15) is 11.1 Å². The Kier molecular flexibility index (Phi) is 5.90. The van der Waals surface area contributed by atoms with E-state index in [4.69, 9.17) is 4.18 Å². The number of benzene rings is 3. The Hall–Kier alpha value is -4.14. The zero-order valence-electron chi connectivity index (χ0n) is 17.4. The average molecular weight is 531 g/mol. The summed E-state index contributed by atoms with van der Waals surface area (Å²) in [6, 6.07) is 8.81. The fourth-order valence-electron chi connectivity index (χ4n) is 3.21. The number of para-hydroxylation sites is 2. The number of aromatic nitrogens is 2. The molecule has 0 aliphatic heterocycles. The molecule has 1 N–H and O–H groups in total. The first-order valence-corrected chi connectivity index (χ1v) is 11.0. The van der Waals surface area contributed by atoms with E-state index in [1.807, 2.05) is 0 Å². The van der Waals surface area contributed by atoms with Gasteiger partial charge in [-0.1, -0.05) is 12.1 Å². The van der Waals surface area contributed by atoms with Crippen molar-refractivity contribution in [3.63, 3.8) is 0 Å². The minimum atomic E-state index is -5.29. The summed E-state index contributed by atoms with van der Waals surface area (Å²) < 4.78 is 110. The molecule has 0 aliphatic rings. The second-order valence-corrected chi connectivity index (χ2v) is 8.87. The molecule has 188 valence electrons. The van der Waals surface area contributed by atoms with Gasteiger partial charge in [-0.25, -0.2) is 4.98 Å². The van der Waals surface area contributed by atoms with E-state index in [0.29, 0.717) is 11.0 Å². The number of hydrogen-bond acceptors (Lipinski definition) is 6. The van der Waals surface area contributed by atoms with Gasteiger partial charge in [-0.05, 0) is 36.4 Å². The molecular weight excluding hydrogens is 520 g/mol. The first-order valence-electron chi connectivity index (χ1n) is 9.63. The lowest BCUT2D eigenvalue weighted by molar-refractivity contribution is -0.384. The van der Waals surface area contributed by atoms with Gasteiger partial charge in [0, 0.05) is 12.1 Å². The van der Waals surface area contributed by atoms with Gasteiger partial charge in [0.2, 0.25) is 0 Å². The lowest BCUT2D eigenvalue weighted by Crippen LogP contribution is -2.16. The first kappa shape index (κ1) is 25.0. The molecule has 0 radical (unpaired) electrons. The van der Waals surface area contributed by atoms with Gasteiger partial charge in [0.15, 0.2) is 5.75 Å². The van der Waals surface area contributed by atoms with Crippen molar-refractivity contribution in [2.24, 2.45) is 0 Å². The number of nitro groups is 1. The summed E-state index contributed by atoms with van der Waals surface area (Å²) in [6.45, 7) is 0. The van der Waals surface area contributed by atoms with Crippen LogP contribution in [-0.4, -0.2) is 23.3 Å². The highest BCUT2D eigenvalue weighted by Gasteiger charge is 2.39. The zero-order chi connectivity index (χ0) is 26.5. The number of aromatic amines is 1. The van der Waals surface area contributed by atoms with Gasteiger partial charge in [-0.15, -0.1) is 0 Å². The van der Waals surface area contributed by atoms with Crippen LogP contribution in [-0.2, 0) is 22.5 Å². The third-order valence-corrected chi connectivity index (χ3v) is 6.08. The van der Waals surface area contributed by atoms with Crippen molar-refractivity contribution >= 4 is 26.8 Å². The Morgan fingerprint density at radius 2 is 1.50 bits per heavy atom. The third-order valence-electron chi connectivity index (χ3n) is 4.87. The Morgan fingerprint density at radius 3 is 2.06 bits per heavy atom. The predicted octanol–water partition coefficient (Wildman–Crippen LogP) is 5.94. The van der Waals surface area contributed by atoms with Crippen LogP contribution in [0.25, 0.3) is 22.4 Å². The summed E-state index contributed by atoms with van der Waals surface area (Å²) in [4.78, 5) is 16.0. The minimum Gasteiger partial charge on any atom is -0.378 e. The molecule has 1 aromatic heterocycles. The van der Waals surface area contributed by atoms with Gasteiger partial charge in [0.05, 0.1) is 32.6 Å². The molecule has 0 saturated heterocycles. The number of hydrogen-bond donors (Lipinski definition) is 1. The predicted molar refractivity (Wildman–Crippen MR) is 112 cm³/mol. The van der Waals surface area contributed by atoms with Crippen LogP contribution in [0.15, 0.2) is 65.6 Å². The molecule has 1 heterocycles. The number of rotatable bonds is 5. The van der Waals surface area contributed by atoms with Gasteiger partial charge in [-0.2, -0.15) is 34.8 Å². The van der Waals surface area contributed by atoms with Crippen molar-refractivity contribution in [3.8, 4) is 17.1 Å². The summed E-state index contributed by atoms with van der Waals surface area (Å²) >= 11 is 0. The number of alkyl halides is 6. The van der Waals surface area contributed by atoms with Crippen LogP contribution in [0.2, 0.25) is 0 Å². The summed E-state index contributed by atoms with van der Waals surface area (Å²) in [7, 11) is -5.28. The van der Waals surface area contributed by atoms with Crippen LogP contribution in [0.4, 0.5) is 32.0 Å². The minimum absolute atomic E-state index is 0.00315. The molecule has 0 atom stereocenters. The second-order valence-electron chi connectivity index (χ2n) is 7.32. The summed E-state index contributed by atoms with van der Waals surface area (Å²) in [6.07, 6.45) is -10.6. The molecule has 15 heteroatoms. The summed E-state index contributed by atoms with van der Waals surface area (Å²) in [5, 5.41) is 11.2. The zero-order valence-corrected chi connectivity index (χ0v) is 18.2. The van der Waals surface area contributed by atoms with E-state index in [1.54, 1.807) is 24.3 Å². The maximum absolute atomic E-state index is 13.2. The van der Waals surface area contributed by atoms with Crippen LogP contribution in [0.3, 0.4) is 0 Å². The van der Waals surface area contributed by atoms with Crippen LogP contribution >= 0.6 is 0 Å². The van der Waals surface area contributed by atoms with Crippen molar-refractivity contribution in [2.75, 3.05) is 0 Å². The smallest absolute Gasteiger partial charge is 0.378 e. The van der Waals surface area contributed by atoms with Gasteiger partial charge in [0.1, 0.15) is 10.7 Å². The number of fused-ring (bicyclic) bond motifs is 1. The fraction of sp³-hybridized carbons (Fsp3) is 0.0952. The lowest BCUT2D eigenvalue weighted by Gasteiger charge is -2.15. The molecule has 0 spiro atoms. The molecule has 36 heavy (non-hydrogen) atoms. The van der Waals surface area contributed by atoms with Gasteiger partial charge in [-0.3, -0.25) is 10.1 Å². The molecule has 0 fully saturated rings. The number of imidazole rings is 1. The van der Waals surface area contributed by atoms with Crippen molar-refractivity contribution in [3.05, 3.63) is 81.9 Å². The SMILES string of the molecule is O=[N+]([O-])c1ccc(OS(=O)(=O)c2cc(C(F)(F)F)cc(C(F)(F)F)c2)c(-c2nc3ccccc3[nH]2)c1. The summed E-state index contributed by atoms with van der Waals surface area (Å²) in [5.74, 6) is -0.712. The maximum atomic E-state index is 13.2. The van der Waals surface area contributed by atoms with Crippen LogP contribution < -0.4 is 4.18 Å². The van der Waals surface area contributed by atoms with Crippen molar-refractivity contribution in [2.45, 2.75) is 17.2 Å². The molecule has 0 bridgehead atoms. The Morgan fingerprint density at radius 1 is 0.889 bits per heavy atom. The van der Waals surface area contributed by atoms with E-state index in [0.717, 1.165) is 18.2 Å². The monoisotopic (exact) mass is 531 g/mol. The second kappa shape index (κ2) is 8.51. The number of nitrogens with zero attached hydrogens (tertiary/aromatic N) is 2. The Labute approximate surface area is 197 Å². The van der Waals surface area contributed by atoms with E-state index in [-0.39, 0.29) is 29.6 Å². The molecule has 8 nitrogen and oxygen atoms in total. The van der Waals surface area contributed by atoms with E-state index in [9.17, 15) is 44.9 Å². The summed E-state index contributed by atoms with van der Waals surface area (Å²) in [5.41, 5.74) is -3.65. The topological polar surface area (TPSA) is 115 Å². The Bertz CT molecular complexity index is 1530. The molecular formula is C21H11F6N3O5S. The molecule has 0 saturated carbocycles. The number of nitro benzene ring substituents is 1. The molecule has 0 aliphatic carbocycles. The number of halogens is 6. The number of H-pyrrole nitrogens is 1. The van der Waals surface area contributed by atoms with Gasteiger partial charge in [0.25, 0.3) is 5.69 Å². The largest absolute Gasteiger partial charge is 0.416 e. The standard InChI is InChI=1S/C21H11F6N3O5S/c22-20(23,24)11-7-12(21(25,26)27)9-14(8-11)36(33,34)35-18-6-5-13(30(31)32)10-15(18)19-28-16-3-1-2-4-17(16)29-19/h1-10H,(H,28,29). The Balaban J connectivity index is 1.85. The molecule has 3 aromatic carbocycles. The number of non-ortho nitro benzene ring substituents is 1. The van der Waals surface area contributed by atoms with Gasteiger partial charge >= 0.3 is 22.5 Å². The molecule has 0 amide bonds. The average Bonchev–Trinajstić information content (AvgIpc) is 3.21.